The lowest BCUT2D eigenvalue weighted by atomic mass is 10.1. The monoisotopic (exact) mass is 350 g/mol. The van der Waals surface area contributed by atoms with E-state index in [-0.39, 0.29) is 0 Å². The molecule has 6 nitrogen and oxygen atoms in total. The Bertz CT molecular complexity index is 882. The molecule has 3 aromatic rings. The predicted molar refractivity (Wildman–Crippen MR) is 103 cm³/mol. The Hall–Kier alpha value is -3.12. The first-order valence-corrected chi connectivity index (χ1v) is 8.35. The van der Waals surface area contributed by atoms with Crippen LogP contribution < -0.4 is 15.4 Å². The smallest absolute Gasteiger partial charge is 0.229 e. The number of nitrogens with zero attached hydrogens (tertiary/aromatic N) is 2. The van der Waals surface area contributed by atoms with Crippen LogP contribution in [0.5, 0.6) is 5.75 Å². The summed E-state index contributed by atoms with van der Waals surface area (Å²) in [4.78, 5) is 8.90. The summed E-state index contributed by atoms with van der Waals surface area (Å²) in [6.45, 7) is 3.66. The molecule has 1 atom stereocenters. The van der Waals surface area contributed by atoms with E-state index in [2.05, 4.69) is 20.6 Å². The zero-order chi connectivity index (χ0) is 18.5. The zero-order valence-electron chi connectivity index (χ0n) is 15.0. The lowest BCUT2D eigenvalue weighted by Crippen LogP contribution is -2.03. The van der Waals surface area contributed by atoms with Gasteiger partial charge in [0.2, 0.25) is 5.95 Å². The molecule has 0 aliphatic rings. The highest BCUT2D eigenvalue weighted by Crippen LogP contribution is 2.27. The molecule has 0 radical (unpaired) electrons. The van der Waals surface area contributed by atoms with Crippen molar-refractivity contribution in [2.45, 2.75) is 20.0 Å². The quantitative estimate of drug-likeness (QED) is 0.614. The SMILES string of the molecule is COc1cc(Nc2ncc(C)c(Nc3ccccc3)n2)cc(C(C)O)c1. The number of aryl methyl sites for hydroxylation is 1. The number of hydrogen-bond donors (Lipinski definition) is 3. The largest absolute Gasteiger partial charge is 0.497 e. The molecule has 0 amide bonds. The number of methoxy groups -OCH3 is 1. The number of ether oxygens (including phenoxy) is 1. The first kappa shape index (κ1) is 17.7. The standard InChI is InChI=1S/C20H22N4O2/c1-13-12-21-20(24-19(13)22-16-7-5-4-6-8-16)23-17-9-15(14(2)25)10-18(11-17)26-3/h4-12,14,25H,1-3H3,(H2,21,22,23,24). The van der Waals surface area contributed by atoms with Crippen LogP contribution in [0.15, 0.2) is 54.7 Å². The van der Waals surface area contributed by atoms with Crippen molar-refractivity contribution in [3.05, 3.63) is 65.9 Å². The summed E-state index contributed by atoms with van der Waals surface area (Å²) in [5, 5.41) is 16.3. The highest BCUT2D eigenvalue weighted by atomic mass is 16.5. The van der Waals surface area contributed by atoms with Gasteiger partial charge in [0.25, 0.3) is 0 Å². The average molecular weight is 350 g/mol. The Morgan fingerprint density at radius 2 is 1.81 bits per heavy atom. The predicted octanol–water partition coefficient (Wildman–Crippen LogP) is 4.33. The maximum absolute atomic E-state index is 9.85. The molecule has 1 aromatic heterocycles. The normalized spacial score (nSPS) is 11.7. The van der Waals surface area contributed by atoms with E-state index in [0.717, 1.165) is 28.3 Å². The molecule has 1 heterocycles. The lowest BCUT2D eigenvalue weighted by Gasteiger charge is -2.13. The maximum atomic E-state index is 9.85. The molecule has 0 saturated carbocycles. The molecule has 1 unspecified atom stereocenters. The maximum Gasteiger partial charge on any atom is 0.229 e. The van der Waals surface area contributed by atoms with E-state index in [1.54, 1.807) is 26.3 Å². The van der Waals surface area contributed by atoms with Gasteiger partial charge in [0, 0.05) is 29.2 Å². The third-order valence-electron chi connectivity index (χ3n) is 3.91. The van der Waals surface area contributed by atoms with Gasteiger partial charge in [0.1, 0.15) is 11.6 Å². The van der Waals surface area contributed by atoms with Gasteiger partial charge in [-0.15, -0.1) is 0 Å². The minimum atomic E-state index is -0.597. The van der Waals surface area contributed by atoms with Crippen molar-refractivity contribution in [3.63, 3.8) is 0 Å². The van der Waals surface area contributed by atoms with E-state index in [1.165, 1.54) is 0 Å². The van der Waals surface area contributed by atoms with Crippen LogP contribution in [0.2, 0.25) is 0 Å². The lowest BCUT2D eigenvalue weighted by molar-refractivity contribution is 0.199. The van der Waals surface area contributed by atoms with E-state index in [0.29, 0.717) is 11.7 Å². The van der Waals surface area contributed by atoms with Crippen LogP contribution in [0.4, 0.5) is 23.1 Å². The van der Waals surface area contributed by atoms with Crippen molar-refractivity contribution in [1.82, 2.24) is 9.97 Å². The van der Waals surface area contributed by atoms with E-state index < -0.39 is 6.10 Å². The van der Waals surface area contributed by atoms with Crippen molar-refractivity contribution in [2.75, 3.05) is 17.7 Å². The first-order valence-electron chi connectivity index (χ1n) is 8.35. The molecule has 0 aliphatic carbocycles. The van der Waals surface area contributed by atoms with E-state index in [1.807, 2.05) is 49.4 Å². The van der Waals surface area contributed by atoms with Gasteiger partial charge in [0.15, 0.2) is 0 Å². The van der Waals surface area contributed by atoms with E-state index in [4.69, 9.17) is 4.74 Å². The molecule has 26 heavy (non-hydrogen) atoms. The van der Waals surface area contributed by atoms with Gasteiger partial charge in [-0.05, 0) is 43.7 Å². The van der Waals surface area contributed by atoms with Crippen LogP contribution >= 0.6 is 0 Å². The van der Waals surface area contributed by atoms with Gasteiger partial charge in [-0.2, -0.15) is 4.98 Å². The fourth-order valence-electron chi connectivity index (χ4n) is 2.47. The summed E-state index contributed by atoms with van der Waals surface area (Å²) in [6, 6.07) is 15.3. The summed E-state index contributed by atoms with van der Waals surface area (Å²) < 4.78 is 5.30. The van der Waals surface area contributed by atoms with Gasteiger partial charge in [-0.3, -0.25) is 0 Å². The fourth-order valence-corrected chi connectivity index (χ4v) is 2.47. The Balaban J connectivity index is 1.86. The number of nitrogens with one attached hydrogen (secondary N) is 2. The third kappa shape index (κ3) is 4.29. The van der Waals surface area contributed by atoms with Gasteiger partial charge >= 0.3 is 0 Å². The van der Waals surface area contributed by atoms with Crippen molar-refractivity contribution >= 4 is 23.1 Å². The molecule has 0 saturated heterocycles. The molecular weight excluding hydrogens is 328 g/mol. The second-order valence-electron chi connectivity index (χ2n) is 6.01. The number of benzene rings is 2. The zero-order valence-corrected chi connectivity index (χ0v) is 15.0. The number of anilines is 4. The van der Waals surface area contributed by atoms with Crippen LogP contribution in [0.1, 0.15) is 24.2 Å². The summed E-state index contributed by atoms with van der Waals surface area (Å²) in [6.07, 6.45) is 1.16. The van der Waals surface area contributed by atoms with Crippen LogP contribution in [0.25, 0.3) is 0 Å². The number of aliphatic hydroxyl groups is 1. The number of aromatic nitrogens is 2. The number of hydrogen-bond acceptors (Lipinski definition) is 6. The molecule has 3 N–H and O–H groups in total. The van der Waals surface area contributed by atoms with E-state index in [9.17, 15) is 5.11 Å². The number of rotatable bonds is 6. The highest BCUT2D eigenvalue weighted by Gasteiger charge is 2.09. The minimum Gasteiger partial charge on any atom is -0.497 e. The molecule has 0 spiro atoms. The molecule has 0 fully saturated rings. The van der Waals surface area contributed by atoms with E-state index >= 15 is 0 Å². The summed E-state index contributed by atoms with van der Waals surface area (Å²) in [7, 11) is 1.59. The topological polar surface area (TPSA) is 79.3 Å². The molecule has 6 heteroatoms. The Labute approximate surface area is 152 Å². The van der Waals surface area contributed by atoms with Gasteiger partial charge in [-0.1, -0.05) is 18.2 Å². The van der Waals surface area contributed by atoms with Crippen molar-refractivity contribution in [1.29, 1.82) is 0 Å². The Morgan fingerprint density at radius 1 is 1.04 bits per heavy atom. The number of aliphatic hydroxyl groups excluding tert-OH is 1. The second-order valence-corrected chi connectivity index (χ2v) is 6.01. The molecule has 0 aliphatic heterocycles. The Kier molecular flexibility index (Phi) is 5.34. The molecular formula is C20H22N4O2. The van der Waals surface area contributed by atoms with Crippen molar-refractivity contribution in [3.8, 4) is 5.75 Å². The average Bonchev–Trinajstić information content (AvgIpc) is 2.65. The second kappa shape index (κ2) is 7.84. The van der Waals surface area contributed by atoms with Gasteiger partial charge in [-0.25, -0.2) is 4.98 Å². The van der Waals surface area contributed by atoms with Gasteiger partial charge in [0.05, 0.1) is 13.2 Å². The Morgan fingerprint density at radius 3 is 2.50 bits per heavy atom. The molecule has 134 valence electrons. The third-order valence-corrected chi connectivity index (χ3v) is 3.91. The van der Waals surface area contributed by atoms with Gasteiger partial charge < -0.3 is 20.5 Å². The van der Waals surface area contributed by atoms with Crippen LogP contribution in [0.3, 0.4) is 0 Å². The van der Waals surface area contributed by atoms with Crippen molar-refractivity contribution in [2.24, 2.45) is 0 Å². The number of para-hydroxylation sites is 1. The highest BCUT2D eigenvalue weighted by molar-refractivity contribution is 5.63. The van der Waals surface area contributed by atoms with Crippen molar-refractivity contribution < 1.29 is 9.84 Å². The first-order chi connectivity index (χ1) is 12.5. The van der Waals surface area contributed by atoms with Crippen LogP contribution in [0, 0.1) is 6.92 Å². The molecule has 2 aromatic carbocycles. The fraction of sp³-hybridized carbons (Fsp3) is 0.200. The van der Waals surface area contributed by atoms with Crippen LogP contribution in [-0.2, 0) is 0 Å². The summed E-state index contributed by atoms with van der Waals surface area (Å²) in [5.41, 5.74) is 3.39. The summed E-state index contributed by atoms with van der Waals surface area (Å²) >= 11 is 0. The minimum absolute atomic E-state index is 0.457. The van der Waals surface area contributed by atoms with Crippen LogP contribution in [-0.4, -0.2) is 22.2 Å². The molecule has 0 bridgehead atoms. The summed E-state index contributed by atoms with van der Waals surface area (Å²) in [5.74, 6) is 1.84. The molecule has 3 rings (SSSR count).